The Hall–Kier alpha value is -2.82. The van der Waals surface area contributed by atoms with Gasteiger partial charge in [0.15, 0.2) is 6.61 Å². The van der Waals surface area contributed by atoms with E-state index in [2.05, 4.69) is 0 Å². The lowest BCUT2D eigenvalue weighted by atomic mass is 10.1. The summed E-state index contributed by atoms with van der Waals surface area (Å²) >= 11 is 0. The highest BCUT2D eigenvalue weighted by molar-refractivity contribution is 5.94. The fraction of sp³-hybridized carbons (Fsp3) is 0.300. The van der Waals surface area contributed by atoms with Gasteiger partial charge in [-0.15, -0.1) is 0 Å². The van der Waals surface area contributed by atoms with Crippen LogP contribution < -0.4 is 4.74 Å². The van der Waals surface area contributed by atoms with Gasteiger partial charge in [-0.05, 0) is 31.5 Å². The molecule has 0 heterocycles. The molecule has 1 amide bonds. The third kappa shape index (κ3) is 5.08. The van der Waals surface area contributed by atoms with Gasteiger partial charge in [-0.25, -0.2) is 4.79 Å². The summed E-state index contributed by atoms with van der Waals surface area (Å²) in [6, 6.07) is 13.2. The van der Waals surface area contributed by atoms with E-state index in [9.17, 15) is 9.59 Å². The van der Waals surface area contributed by atoms with Crippen molar-refractivity contribution in [2.45, 2.75) is 20.4 Å². The largest absolute Gasteiger partial charge is 0.496 e. The van der Waals surface area contributed by atoms with E-state index in [4.69, 9.17) is 9.47 Å². The summed E-state index contributed by atoms with van der Waals surface area (Å²) in [5.74, 6) is -0.408. The summed E-state index contributed by atoms with van der Waals surface area (Å²) in [6.07, 6.45) is 0. The number of likely N-dealkylation sites (N-methyl/N-ethyl adjacent to an activating group) is 1. The van der Waals surface area contributed by atoms with Crippen LogP contribution in [0, 0.1) is 13.8 Å². The molecular weight excluding hydrogens is 318 g/mol. The van der Waals surface area contributed by atoms with Gasteiger partial charge in [0.1, 0.15) is 11.3 Å². The van der Waals surface area contributed by atoms with Gasteiger partial charge in [-0.1, -0.05) is 41.5 Å². The summed E-state index contributed by atoms with van der Waals surface area (Å²) in [5, 5.41) is 0. The number of carbonyl (C=O) groups is 2. The number of rotatable bonds is 6. The molecule has 132 valence electrons. The number of aryl methyl sites for hydroxylation is 2. The highest BCUT2D eigenvalue weighted by atomic mass is 16.5. The molecule has 0 aliphatic heterocycles. The zero-order valence-electron chi connectivity index (χ0n) is 15.0. The van der Waals surface area contributed by atoms with Crippen molar-refractivity contribution < 1.29 is 19.1 Å². The van der Waals surface area contributed by atoms with Crippen LogP contribution >= 0.6 is 0 Å². The molecule has 5 heteroatoms. The average molecular weight is 341 g/mol. The van der Waals surface area contributed by atoms with Gasteiger partial charge >= 0.3 is 5.97 Å². The maximum Gasteiger partial charge on any atom is 0.342 e. The van der Waals surface area contributed by atoms with E-state index in [1.165, 1.54) is 17.6 Å². The molecular formula is C20H23NO4. The number of carbonyl (C=O) groups excluding carboxylic acids is 2. The molecule has 0 radical (unpaired) electrons. The predicted molar refractivity (Wildman–Crippen MR) is 95.7 cm³/mol. The number of benzene rings is 2. The SMILES string of the molecule is COc1ccc(C)cc1C(=O)OCC(=O)N(C)Cc1ccc(C)cc1. The van der Waals surface area contributed by atoms with Crippen LogP contribution in [0.25, 0.3) is 0 Å². The summed E-state index contributed by atoms with van der Waals surface area (Å²) in [4.78, 5) is 25.9. The Morgan fingerprint density at radius 3 is 2.28 bits per heavy atom. The van der Waals surface area contributed by atoms with E-state index >= 15 is 0 Å². The molecule has 2 aromatic carbocycles. The third-order valence-corrected chi connectivity index (χ3v) is 3.87. The van der Waals surface area contributed by atoms with Gasteiger partial charge in [-0.2, -0.15) is 0 Å². The molecule has 0 aromatic heterocycles. The first-order valence-electron chi connectivity index (χ1n) is 8.02. The maximum absolute atomic E-state index is 12.2. The highest BCUT2D eigenvalue weighted by Crippen LogP contribution is 2.20. The van der Waals surface area contributed by atoms with Crippen molar-refractivity contribution in [2.75, 3.05) is 20.8 Å². The molecule has 0 atom stereocenters. The molecule has 0 unspecified atom stereocenters. The van der Waals surface area contributed by atoms with Crippen LogP contribution in [-0.4, -0.2) is 37.5 Å². The monoisotopic (exact) mass is 341 g/mol. The molecule has 0 aliphatic rings. The molecule has 0 bridgehead atoms. The summed E-state index contributed by atoms with van der Waals surface area (Å²) < 4.78 is 10.3. The van der Waals surface area contributed by atoms with Crippen molar-refractivity contribution in [3.8, 4) is 5.75 Å². The second-order valence-corrected chi connectivity index (χ2v) is 6.02. The molecule has 0 saturated heterocycles. The van der Waals surface area contributed by atoms with Gasteiger partial charge in [0.05, 0.1) is 7.11 Å². The van der Waals surface area contributed by atoms with E-state index in [0.29, 0.717) is 17.9 Å². The van der Waals surface area contributed by atoms with Gasteiger partial charge < -0.3 is 14.4 Å². The second-order valence-electron chi connectivity index (χ2n) is 6.02. The number of hydrogen-bond acceptors (Lipinski definition) is 4. The Kier molecular flexibility index (Phi) is 6.17. The third-order valence-electron chi connectivity index (χ3n) is 3.87. The van der Waals surface area contributed by atoms with E-state index in [-0.39, 0.29) is 12.5 Å². The van der Waals surface area contributed by atoms with Crippen molar-refractivity contribution in [3.05, 3.63) is 64.7 Å². The van der Waals surface area contributed by atoms with Gasteiger partial charge in [0, 0.05) is 13.6 Å². The Labute approximate surface area is 148 Å². The molecule has 0 saturated carbocycles. The molecule has 5 nitrogen and oxygen atoms in total. The smallest absolute Gasteiger partial charge is 0.342 e. The van der Waals surface area contributed by atoms with Crippen LogP contribution in [0.15, 0.2) is 42.5 Å². The zero-order valence-corrected chi connectivity index (χ0v) is 15.0. The average Bonchev–Trinajstić information content (AvgIpc) is 2.61. The lowest BCUT2D eigenvalue weighted by Crippen LogP contribution is -2.30. The van der Waals surface area contributed by atoms with Crippen LogP contribution in [0.4, 0.5) is 0 Å². The quantitative estimate of drug-likeness (QED) is 0.758. The van der Waals surface area contributed by atoms with Gasteiger partial charge in [0.2, 0.25) is 0 Å². The number of nitrogens with zero attached hydrogens (tertiary/aromatic N) is 1. The van der Waals surface area contributed by atoms with Crippen LogP contribution in [0.1, 0.15) is 27.0 Å². The highest BCUT2D eigenvalue weighted by Gasteiger charge is 2.17. The normalized spacial score (nSPS) is 10.2. The number of hydrogen-bond donors (Lipinski definition) is 0. The van der Waals surface area contributed by atoms with Gasteiger partial charge in [-0.3, -0.25) is 4.79 Å². The lowest BCUT2D eigenvalue weighted by Gasteiger charge is -2.17. The first-order valence-corrected chi connectivity index (χ1v) is 8.02. The molecule has 25 heavy (non-hydrogen) atoms. The number of methoxy groups -OCH3 is 1. The predicted octanol–water partition coefficient (Wildman–Crippen LogP) is 3.13. The topological polar surface area (TPSA) is 55.8 Å². The molecule has 0 aliphatic carbocycles. The van der Waals surface area contributed by atoms with E-state index in [1.54, 1.807) is 19.2 Å². The Morgan fingerprint density at radius 2 is 1.64 bits per heavy atom. The molecule has 0 N–H and O–H groups in total. The number of esters is 1. The molecule has 0 fully saturated rings. The fourth-order valence-corrected chi connectivity index (χ4v) is 2.35. The minimum absolute atomic E-state index is 0.263. The zero-order chi connectivity index (χ0) is 18.4. The lowest BCUT2D eigenvalue weighted by molar-refractivity contribution is -0.133. The molecule has 2 rings (SSSR count). The van der Waals surface area contributed by atoms with Crippen molar-refractivity contribution in [3.63, 3.8) is 0 Å². The Balaban J connectivity index is 1.93. The standard InChI is InChI=1S/C20H23NO4/c1-14-5-8-16(9-6-14)12-21(3)19(22)13-25-20(23)17-11-15(2)7-10-18(17)24-4/h5-11H,12-13H2,1-4H3. The van der Waals surface area contributed by atoms with E-state index in [1.807, 2.05) is 44.2 Å². The Morgan fingerprint density at radius 1 is 1.00 bits per heavy atom. The molecule has 2 aromatic rings. The van der Waals surface area contributed by atoms with Crippen molar-refractivity contribution >= 4 is 11.9 Å². The first kappa shape index (κ1) is 18.5. The summed E-state index contributed by atoms with van der Waals surface area (Å²) in [6.45, 7) is 4.04. The Bertz CT molecular complexity index is 753. The number of amides is 1. The van der Waals surface area contributed by atoms with Crippen LogP contribution in [0.3, 0.4) is 0 Å². The van der Waals surface area contributed by atoms with Crippen LogP contribution in [-0.2, 0) is 16.1 Å². The van der Waals surface area contributed by atoms with Crippen LogP contribution in [0.5, 0.6) is 5.75 Å². The second kappa shape index (κ2) is 8.33. The van der Waals surface area contributed by atoms with E-state index < -0.39 is 5.97 Å². The van der Waals surface area contributed by atoms with E-state index in [0.717, 1.165) is 11.1 Å². The number of ether oxygens (including phenoxy) is 2. The van der Waals surface area contributed by atoms with Crippen LogP contribution in [0.2, 0.25) is 0 Å². The maximum atomic E-state index is 12.2. The first-order chi connectivity index (χ1) is 11.9. The van der Waals surface area contributed by atoms with Crippen molar-refractivity contribution in [2.24, 2.45) is 0 Å². The fourth-order valence-electron chi connectivity index (χ4n) is 2.35. The van der Waals surface area contributed by atoms with Crippen molar-refractivity contribution in [1.82, 2.24) is 4.90 Å². The summed E-state index contributed by atoms with van der Waals surface area (Å²) in [7, 11) is 3.17. The minimum atomic E-state index is -0.572. The molecule has 0 spiro atoms. The minimum Gasteiger partial charge on any atom is -0.496 e. The summed E-state index contributed by atoms with van der Waals surface area (Å²) in [5.41, 5.74) is 3.42. The van der Waals surface area contributed by atoms with Gasteiger partial charge in [0.25, 0.3) is 5.91 Å². The van der Waals surface area contributed by atoms with Crippen molar-refractivity contribution in [1.29, 1.82) is 0 Å².